The van der Waals surface area contributed by atoms with Crippen molar-refractivity contribution in [2.24, 2.45) is 12.5 Å². The number of hydrogen-bond donors (Lipinski definition) is 1. The fraction of sp³-hybridized carbons (Fsp3) is 0.440. The molecule has 0 aromatic carbocycles. The van der Waals surface area contributed by atoms with Gasteiger partial charge in [-0.3, -0.25) is 4.68 Å². The fourth-order valence-corrected chi connectivity index (χ4v) is 5.18. The monoisotopic (exact) mass is 459 g/mol. The summed E-state index contributed by atoms with van der Waals surface area (Å²) in [5, 5.41) is 12.4. The number of hydrogen-bond acceptors (Lipinski definition) is 7. The second-order valence-electron chi connectivity index (χ2n) is 9.66. The number of nitrogens with zero attached hydrogens (tertiary/aromatic N) is 6. The van der Waals surface area contributed by atoms with Gasteiger partial charge in [0.05, 0.1) is 24.4 Å². The van der Waals surface area contributed by atoms with E-state index < -0.39 is 0 Å². The molecule has 6 rings (SSSR count). The summed E-state index contributed by atoms with van der Waals surface area (Å²) in [7, 11) is 1.94. The van der Waals surface area contributed by atoms with Crippen molar-refractivity contribution < 1.29 is 9.47 Å². The number of rotatable bonds is 6. The minimum absolute atomic E-state index is 0.161. The van der Waals surface area contributed by atoms with E-state index in [-0.39, 0.29) is 6.10 Å². The van der Waals surface area contributed by atoms with Crippen molar-refractivity contribution in [3.63, 3.8) is 0 Å². The number of ether oxygens (including phenoxy) is 2. The molecule has 0 bridgehead atoms. The lowest BCUT2D eigenvalue weighted by Gasteiger charge is -2.36. The van der Waals surface area contributed by atoms with Gasteiger partial charge in [-0.15, -0.1) is 0 Å². The van der Waals surface area contributed by atoms with Gasteiger partial charge in [0.2, 0.25) is 0 Å². The van der Waals surface area contributed by atoms with Crippen LogP contribution in [0.1, 0.15) is 37.2 Å². The molecule has 0 unspecified atom stereocenters. The van der Waals surface area contributed by atoms with Gasteiger partial charge < -0.3 is 14.8 Å². The smallest absolute Gasteiger partial charge is 0.165 e. The van der Waals surface area contributed by atoms with Gasteiger partial charge >= 0.3 is 0 Å². The molecule has 1 saturated carbocycles. The Morgan fingerprint density at radius 3 is 2.82 bits per heavy atom. The van der Waals surface area contributed by atoms with Gasteiger partial charge in [0.1, 0.15) is 23.9 Å². The predicted molar refractivity (Wildman–Crippen MR) is 128 cm³/mol. The molecule has 1 aliphatic carbocycles. The third-order valence-corrected chi connectivity index (χ3v) is 6.99. The fourth-order valence-electron chi connectivity index (χ4n) is 5.18. The van der Waals surface area contributed by atoms with Gasteiger partial charge in [0.15, 0.2) is 11.6 Å². The largest absolute Gasteiger partial charge is 0.487 e. The summed E-state index contributed by atoms with van der Waals surface area (Å²) in [6.45, 7) is 5.27. The molecular formula is C25H29N7O2. The van der Waals surface area contributed by atoms with Crippen LogP contribution >= 0.6 is 0 Å². The standard InChI is InChI=1S/C25H29N7O2/c1-16-9-22(28-17(2)27-16)29-23-11-19-10-18(5-8-32(19)30-23)24-21(13-26-31(24)3)33-14-20-12-25(15-34-20)6-4-7-25/h5,8-11,13,20H,4,6-7,12,14-15H2,1-3H3,(H,27,28,29,30)/t20-/m0/s1. The average Bonchev–Trinajstić information content (AvgIpc) is 3.47. The molecule has 1 atom stereocenters. The van der Waals surface area contributed by atoms with Gasteiger partial charge in [-0.2, -0.15) is 10.2 Å². The minimum atomic E-state index is 0.161. The highest BCUT2D eigenvalue weighted by molar-refractivity contribution is 5.72. The first-order valence-corrected chi connectivity index (χ1v) is 11.8. The summed E-state index contributed by atoms with van der Waals surface area (Å²) in [4.78, 5) is 8.77. The van der Waals surface area contributed by atoms with Crippen molar-refractivity contribution in [3.8, 4) is 17.0 Å². The van der Waals surface area contributed by atoms with Gasteiger partial charge in [0.25, 0.3) is 0 Å². The van der Waals surface area contributed by atoms with Crippen LogP contribution in [-0.4, -0.2) is 48.7 Å². The molecule has 1 saturated heterocycles. The molecule has 0 radical (unpaired) electrons. The molecule has 2 aliphatic rings. The molecule has 1 aliphatic heterocycles. The van der Waals surface area contributed by atoms with E-state index in [4.69, 9.17) is 9.47 Å². The number of nitrogens with one attached hydrogen (secondary N) is 1. The van der Waals surface area contributed by atoms with Crippen molar-refractivity contribution in [2.45, 2.75) is 45.6 Å². The van der Waals surface area contributed by atoms with Crippen molar-refractivity contribution in [1.29, 1.82) is 0 Å². The Balaban J connectivity index is 1.21. The van der Waals surface area contributed by atoms with E-state index in [0.29, 0.717) is 12.0 Å². The van der Waals surface area contributed by atoms with Crippen LogP contribution in [0.15, 0.2) is 36.7 Å². The number of pyridine rings is 1. The van der Waals surface area contributed by atoms with E-state index in [2.05, 4.69) is 31.5 Å². The first kappa shape index (κ1) is 21.1. The van der Waals surface area contributed by atoms with Crippen molar-refractivity contribution >= 4 is 17.2 Å². The van der Waals surface area contributed by atoms with E-state index in [1.54, 1.807) is 6.20 Å². The Kier molecular flexibility index (Phi) is 5.02. The predicted octanol–water partition coefficient (Wildman–Crippen LogP) is 4.22. The lowest BCUT2D eigenvalue weighted by molar-refractivity contribution is 0.0487. The lowest BCUT2D eigenvalue weighted by atomic mass is 9.68. The molecule has 1 spiro atoms. The number of aryl methyl sites for hydroxylation is 3. The van der Waals surface area contributed by atoms with Crippen molar-refractivity contribution in [3.05, 3.63) is 48.2 Å². The summed E-state index contributed by atoms with van der Waals surface area (Å²) in [6, 6.07) is 8.02. The van der Waals surface area contributed by atoms with Crippen molar-refractivity contribution in [2.75, 3.05) is 18.5 Å². The van der Waals surface area contributed by atoms with Crippen LogP contribution < -0.4 is 10.1 Å². The first-order chi connectivity index (χ1) is 16.5. The Bertz CT molecular complexity index is 1330. The van der Waals surface area contributed by atoms with E-state index in [1.165, 1.54) is 19.3 Å². The molecule has 9 nitrogen and oxygen atoms in total. The summed E-state index contributed by atoms with van der Waals surface area (Å²) in [5.74, 6) is 2.95. The third-order valence-electron chi connectivity index (χ3n) is 6.99. The summed E-state index contributed by atoms with van der Waals surface area (Å²) < 4.78 is 15.9. The lowest BCUT2D eigenvalue weighted by Crippen LogP contribution is -2.30. The molecule has 0 amide bonds. The Hall–Kier alpha value is -3.46. The quantitative estimate of drug-likeness (QED) is 0.461. The van der Waals surface area contributed by atoms with E-state index in [9.17, 15) is 0 Å². The van der Waals surface area contributed by atoms with E-state index in [0.717, 1.165) is 58.7 Å². The summed E-state index contributed by atoms with van der Waals surface area (Å²) >= 11 is 0. The van der Waals surface area contributed by atoms with E-state index >= 15 is 0 Å². The van der Waals surface area contributed by atoms with Crippen LogP contribution in [0.4, 0.5) is 11.6 Å². The van der Waals surface area contributed by atoms with Crippen LogP contribution in [0.3, 0.4) is 0 Å². The van der Waals surface area contributed by atoms with Gasteiger partial charge in [-0.1, -0.05) is 6.42 Å². The van der Waals surface area contributed by atoms with Gasteiger partial charge in [-0.05, 0) is 50.7 Å². The van der Waals surface area contributed by atoms with Crippen LogP contribution in [0.2, 0.25) is 0 Å². The number of anilines is 2. The summed E-state index contributed by atoms with van der Waals surface area (Å²) in [5.41, 5.74) is 4.26. The molecule has 1 N–H and O–H groups in total. The second-order valence-corrected chi connectivity index (χ2v) is 9.66. The highest BCUT2D eigenvalue weighted by atomic mass is 16.5. The van der Waals surface area contributed by atoms with Crippen molar-refractivity contribution in [1.82, 2.24) is 29.4 Å². The zero-order chi connectivity index (χ0) is 23.3. The van der Waals surface area contributed by atoms with Crippen LogP contribution in [0, 0.1) is 19.3 Å². The number of fused-ring (bicyclic) bond motifs is 1. The Morgan fingerprint density at radius 1 is 1.18 bits per heavy atom. The zero-order valence-electron chi connectivity index (χ0n) is 19.8. The normalized spacial score (nSPS) is 19.0. The average molecular weight is 460 g/mol. The maximum absolute atomic E-state index is 6.22. The first-order valence-electron chi connectivity index (χ1n) is 11.8. The molecule has 2 fully saturated rings. The molecule has 4 aromatic heterocycles. The molecule has 5 heterocycles. The second kappa shape index (κ2) is 8.09. The Morgan fingerprint density at radius 2 is 2.06 bits per heavy atom. The SMILES string of the molecule is Cc1cc(Nc2cc3cc(-c4c(OC[C@@H]5CC6(CCC6)CO5)cnn4C)ccn3n2)nc(C)n1. The molecule has 176 valence electrons. The van der Waals surface area contributed by atoms with Gasteiger partial charge in [0, 0.05) is 36.6 Å². The molecule has 4 aromatic rings. The molecular weight excluding hydrogens is 430 g/mol. The van der Waals surface area contributed by atoms with Gasteiger partial charge in [-0.25, -0.2) is 14.5 Å². The van der Waals surface area contributed by atoms with Crippen LogP contribution in [0.5, 0.6) is 5.75 Å². The highest BCUT2D eigenvalue weighted by Gasteiger charge is 2.44. The Labute approximate surface area is 198 Å². The topological polar surface area (TPSA) is 91.4 Å². The highest BCUT2D eigenvalue weighted by Crippen LogP contribution is 2.49. The van der Waals surface area contributed by atoms with Crippen LogP contribution in [0.25, 0.3) is 16.8 Å². The maximum Gasteiger partial charge on any atom is 0.165 e. The van der Waals surface area contributed by atoms with E-state index in [1.807, 2.05) is 54.5 Å². The zero-order valence-corrected chi connectivity index (χ0v) is 19.8. The maximum atomic E-state index is 6.22. The molecule has 9 heteroatoms. The minimum Gasteiger partial charge on any atom is -0.487 e. The number of aromatic nitrogens is 6. The van der Waals surface area contributed by atoms with Crippen LogP contribution in [-0.2, 0) is 11.8 Å². The third kappa shape index (κ3) is 3.90. The molecule has 34 heavy (non-hydrogen) atoms. The summed E-state index contributed by atoms with van der Waals surface area (Å²) in [6.07, 6.45) is 8.91.